The molecule has 5 heteroatoms. The summed E-state index contributed by atoms with van der Waals surface area (Å²) >= 11 is 0. The summed E-state index contributed by atoms with van der Waals surface area (Å²) in [6.07, 6.45) is 0. The van der Waals surface area contributed by atoms with Gasteiger partial charge in [0.1, 0.15) is 0 Å². The van der Waals surface area contributed by atoms with E-state index in [9.17, 15) is 0 Å². The van der Waals surface area contributed by atoms with Gasteiger partial charge in [-0.2, -0.15) is 0 Å². The van der Waals surface area contributed by atoms with Crippen LogP contribution >= 0.6 is 0 Å². The highest BCUT2D eigenvalue weighted by atomic mass is 16.5. The maximum Gasteiger partial charge on any atom is 0.165 e. The summed E-state index contributed by atoms with van der Waals surface area (Å²) in [5.74, 6) is 2.20. The lowest BCUT2D eigenvalue weighted by Crippen LogP contribution is -2.32. The quantitative estimate of drug-likeness (QED) is 0.714. The lowest BCUT2D eigenvalue weighted by atomic mass is 10.0. The Hall–Kier alpha value is -1.30. The van der Waals surface area contributed by atoms with E-state index in [0.29, 0.717) is 12.0 Å². The van der Waals surface area contributed by atoms with E-state index in [-0.39, 0.29) is 0 Å². The number of hydrazine groups is 1. The van der Waals surface area contributed by atoms with Gasteiger partial charge in [0.2, 0.25) is 0 Å². The fourth-order valence-electron chi connectivity index (χ4n) is 2.38. The molecule has 0 amide bonds. The highest BCUT2D eigenvalue weighted by molar-refractivity contribution is 5.46. The van der Waals surface area contributed by atoms with Gasteiger partial charge >= 0.3 is 0 Å². The summed E-state index contributed by atoms with van der Waals surface area (Å²) in [6, 6.07) is 6.46. The Morgan fingerprint density at radius 1 is 1.32 bits per heavy atom. The molecular weight excluding hydrogens is 242 g/mol. The molecule has 1 aromatic carbocycles. The Balaban J connectivity index is 1.92. The Morgan fingerprint density at radius 3 is 2.79 bits per heavy atom. The molecule has 0 radical (unpaired) electrons. The van der Waals surface area contributed by atoms with Crippen LogP contribution in [0.3, 0.4) is 0 Å². The number of rotatable bonds is 6. The first-order valence-electron chi connectivity index (χ1n) is 6.65. The van der Waals surface area contributed by atoms with Crippen LogP contribution in [0.4, 0.5) is 0 Å². The Kier molecular flexibility index (Phi) is 5.01. The molecule has 0 aromatic heterocycles. The van der Waals surface area contributed by atoms with Gasteiger partial charge in [-0.3, -0.25) is 10.9 Å². The second kappa shape index (κ2) is 6.75. The lowest BCUT2D eigenvalue weighted by Gasteiger charge is -2.16. The van der Waals surface area contributed by atoms with Gasteiger partial charge in [0.05, 0.1) is 14.2 Å². The first kappa shape index (κ1) is 14.1. The van der Waals surface area contributed by atoms with Crippen LogP contribution in [-0.2, 0) is 6.54 Å². The third-order valence-electron chi connectivity index (χ3n) is 3.61. The molecule has 3 N–H and O–H groups in total. The molecule has 19 heavy (non-hydrogen) atoms. The standard InChI is InChI=1S/C14H23N3O2/c1-10-12(9-16-17-10)8-15-7-11-5-4-6-13(18-2)14(11)19-3/h4-6,10,12,15-17H,7-9H2,1-3H3. The average molecular weight is 265 g/mol. The van der Waals surface area contributed by atoms with Crippen molar-refractivity contribution in [2.45, 2.75) is 19.5 Å². The van der Waals surface area contributed by atoms with Crippen LogP contribution in [0.2, 0.25) is 0 Å². The minimum Gasteiger partial charge on any atom is -0.493 e. The highest BCUT2D eigenvalue weighted by Gasteiger charge is 2.22. The fraction of sp³-hybridized carbons (Fsp3) is 0.571. The number of benzene rings is 1. The number of nitrogens with one attached hydrogen (secondary N) is 3. The van der Waals surface area contributed by atoms with Gasteiger partial charge in [0.15, 0.2) is 11.5 Å². The second-order valence-electron chi connectivity index (χ2n) is 4.86. The summed E-state index contributed by atoms with van der Waals surface area (Å²) in [5.41, 5.74) is 7.52. The maximum atomic E-state index is 5.42. The topological polar surface area (TPSA) is 54.5 Å². The van der Waals surface area contributed by atoms with Crippen molar-refractivity contribution < 1.29 is 9.47 Å². The zero-order chi connectivity index (χ0) is 13.7. The van der Waals surface area contributed by atoms with Crippen molar-refractivity contribution in [3.8, 4) is 11.5 Å². The van der Waals surface area contributed by atoms with Gasteiger partial charge < -0.3 is 14.8 Å². The second-order valence-corrected chi connectivity index (χ2v) is 4.86. The Morgan fingerprint density at radius 2 is 2.16 bits per heavy atom. The Bertz CT molecular complexity index is 412. The molecule has 1 aliphatic heterocycles. The molecule has 0 bridgehead atoms. The third-order valence-corrected chi connectivity index (χ3v) is 3.61. The minimum atomic E-state index is 0.500. The van der Waals surface area contributed by atoms with E-state index in [1.54, 1.807) is 14.2 Å². The van der Waals surface area contributed by atoms with Gasteiger partial charge in [0.25, 0.3) is 0 Å². The van der Waals surface area contributed by atoms with Gasteiger partial charge in [-0.1, -0.05) is 12.1 Å². The molecule has 106 valence electrons. The molecule has 0 spiro atoms. The molecule has 0 saturated carbocycles. The van der Waals surface area contributed by atoms with Crippen LogP contribution in [0.1, 0.15) is 12.5 Å². The fourth-order valence-corrected chi connectivity index (χ4v) is 2.38. The molecule has 1 aliphatic rings. The molecule has 0 aliphatic carbocycles. The molecule has 2 atom stereocenters. The van der Waals surface area contributed by atoms with Crippen molar-refractivity contribution in [3.05, 3.63) is 23.8 Å². The SMILES string of the molecule is COc1cccc(CNCC2CNNC2C)c1OC. The lowest BCUT2D eigenvalue weighted by molar-refractivity contribution is 0.350. The predicted molar refractivity (Wildman–Crippen MR) is 75.3 cm³/mol. The van der Waals surface area contributed by atoms with Crippen molar-refractivity contribution in [2.24, 2.45) is 5.92 Å². The zero-order valence-electron chi connectivity index (χ0n) is 11.8. The van der Waals surface area contributed by atoms with Crippen LogP contribution in [0, 0.1) is 5.92 Å². The number of para-hydroxylation sites is 1. The molecular formula is C14H23N3O2. The van der Waals surface area contributed by atoms with E-state index >= 15 is 0 Å². The summed E-state index contributed by atoms with van der Waals surface area (Å²) in [5, 5.41) is 3.48. The van der Waals surface area contributed by atoms with Crippen molar-refractivity contribution >= 4 is 0 Å². The molecule has 5 nitrogen and oxygen atoms in total. The first-order chi connectivity index (χ1) is 9.26. The van der Waals surface area contributed by atoms with E-state index in [1.165, 1.54) is 0 Å². The summed E-state index contributed by atoms with van der Waals surface area (Å²) in [6.45, 7) is 4.95. The van der Waals surface area contributed by atoms with Gasteiger partial charge in [-0.25, -0.2) is 0 Å². The number of methoxy groups -OCH3 is 2. The van der Waals surface area contributed by atoms with Crippen LogP contribution in [0.5, 0.6) is 11.5 Å². The van der Waals surface area contributed by atoms with E-state index in [1.807, 2.05) is 12.1 Å². The molecule has 1 aromatic rings. The molecule has 2 unspecified atom stereocenters. The maximum absolute atomic E-state index is 5.42. The molecule has 1 heterocycles. The van der Waals surface area contributed by atoms with Crippen LogP contribution < -0.4 is 25.6 Å². The van der Waals surface area contributed by atoms with E-state index in [0.717, 1.165) is 36.7 Å². The van der Waals surface area contributed by atoms with Gasteiger partial charge in [-0.15, -0.1) is 0 Å². The number of hydrogen-bond acceptors (Lipinski definition) is 5. The van der Waals surface area contributed by atoms with Crippen molar-refractivity contribution in [1.29, 1.82) is 0 Å². The van der Waals surface area contributed by atoms with E-state index in [2.05, 4.69) is 29.2 Å². The normalized spacial score (nSPS) is 22.5. The monoisotopic (exact) mass is 265 g/mol. The average Bonchev–Trinajstić information content (AvgIpc) is 2.84. The minimum absolute atomic E-state index is 0.500. The highest BCUT2D eigenvalue weighted by Crippen LogP contribution is 2.30. The number of hydrogen-bond donors (Lipinski definition) is 3. The van der Waals surface area contributed by atoms with Crippen molar-refractivity contribution in [2.75, 3.05) is 27.3 Å². The van der Waals surface area contributed by atoms with Crippen LogP contribution in [0.25, 0.3) is 0 Å². The molecule has 1 fully saturated rings. The van der Waals surface area contributed by atoms with Gasteiger partial charge in [-0.05, 0) is 13.0 Å². The smallest absolute Gasteiger partial charge is 0.165 e. The summed E-state index contributed by atoms with van der Waals surface area (Å²) in [4.78, 5) is 0. The largest absolute Gasteiger partial charge is 0.493 e. The predicted octanol–water partition coefficient (Wildman–Crippen LogP) is 0.906. The van der Waals surface area contributed by atoms with Crippen LogP contribution in [-0.4, -0.2) is 33.4 Å². The third kappa shape index (κ3) is 3.37. The van der Waals surface area contributed by atoms with Gasteiger partial charge in [0, 0.05) is 37.2 Å². The first-order valence-corrected chi connectivity index (χ1v) is 6.65. The molecule has 1 saturated heterocycles. The van der Waals surface area contributed by atoms with E-state index in [4.69, 9.17) is 9.47 Å². The Labute approximate surface area is 114 Å². The molecule has 2 rings (SSSR count). The summed E-state index contributed by atoms with van der Waals surface area (Å²) in [7, 11) is 3.33. The van der Waals surface area contributed by atoms with Crippen molar-refractivity contribution in [3.63, 3.8) is 0 Å². The van der Waals surface area contributed by atoms with Crippen LogP contribution in [0.15, 0.2) is 18.2 Å². The van der Waals surface area contributed by atoms with Crippen molar-refractivity contribution in [1.82, 2.24) is 16.2 Å². The van der Waals surface area contributed by atoms with E-state index < -0.39 is 0 Å². The zero-order valence-corrected chi connectivity index (χ0v) is 11.8. The number of ether oxygens (including phenoxy) is 2. The summed E-state index contributed by atoms with van der Waals surface area (Å²) < 4.78 is 10.7.